The summed E-state index contributed by atoms with van der Waals surface area (Å²) in [4.78, 5) is 49.8. The highest BCUT2D eigenvalue weighted by Gasteiger charge is 2.45. The molecular weight excluding hydrogens is 346 g/mol. The van der Waals surface area contributed by atoms with Crippen LogP contribution in [0.25, 0.3) is 0 Å². The highest BCUT2D eigenvalue weighted by Crippen LogP contribution is 2.17. The minimum absolute atomic E-state index is 0.0272. The average Bonchev–Trinajstić information content (AvgIpc) is 2.73. The minimum Gasteiger partial charge on any atom is -0.348 e. The number of carbonyl (C=O) groups is 4. The first kappa shape index (κ1) is 18.9. The number of nitrogens with zero attached hydrogens (tertiary/aromatic N) is 2. The van der Waals surface area contributed by atoms with Crippen molar-refractivity contribution in [3.63, 3.8) is 0 Å². The van der Waals surface area contributed by atoms with Gasteiger partial charge in [-0.25, -0.2) is 9.69 Å². The van der Waals surface area contributed by atoms with Gasteiger partial charge < -0.3 is 5.32 Å². The van der Waals surface area contributed by atoms with E-state index in [2.05, 4.69) is 5.32 Å². The van der Waals surface area contributed by atoms with Crippen molar-refractivity contribution in [2.45, 2.75) is 26.8 Å². The summed E-state index contributed by atoms with van der Waals surface area (Å²) in [7, 11) is 0. The molecule has 1 heterocycles. The van der Waals surface area contributed by atoms with Crippen molar-refractivity contribution >= 4 is 35.4 Å². The molecule has 25 heavy (non-hydrogen) atoms. The SMILES string of the molecule is CC(C)CN1C(=O)C(=O)N(CC(=O)N[C@@H](C)c2ccc(Cl)cc2)C1=O. The van der Waals surface area contributed by atoms with Crippen LogP contribution in [0.3, 0.4) is 0 Å². The first-order chi connectivity index (χ1) is 11.7. The van der Waals surface area contributed by atoms with Crippen molar-refractivity contribution in [3.8, 4) is 0 Å². The van der Waals surface area contributed by atoms with E-state index in [1.165, 1.54) is 0 Å². The van der Waals surface area contributed by atoms with Gasteiger partial charge in [-0.1, -0.05) is 37.6 Å². The van der Waals surface area contributed by atoms with Crippen LogP contribution < -0.4 is 5.32 Å². The van der Waals surface area contributed by atoms with E-state index in [-0.39, 0.29) is 18.5 Å². The molecule has 1 aromatic carbocycles. The van der Waals surface area contributed by atoms with E-state index in [4.69, 9.17) is 11.6 Å². The summed E-state index contributed by atoms with van der Waals surface area (Å²) in [6, 6.07) is 5.86. The fourth-order valence-electron chi connectivity index (χ4n) is 2.48. The van der Waals surface area contributed by atoms with Gasteiger partial charge in [-0.05, 0) is 30.5 Å². The van der Waals surface area contributed by atoms with Gasteiger partial charge in [0.15, 0.2) is 0 Å². The third kappa shape index (κ3) is 4.36. The Kier molecular flexibility index (Phi) is 5.79. The Morgan fingerprint density at radius 2 is 1.60 bits per heavy atom. The molecule has 0 radical (unpaired) electrons. The number of rotatable bonds is 6. The van der Waals surface area contributed by atoms with Gasteiger partial charge in [-0.2, -0.15) is 0 Å². The molecule has 0 aromatic heterocycles. The summed E-state index contributed by atoms with van der Waals surface area (Å²) in [5.74, 6) is -2.36. The standard InChI is InChI=1S/C17H20ClN3O4/c1-10(2)8-20-15(23)16(24)21(17(20)25)9-14(22)19-11(3)12-4-6-13(18)7-5-12/h4-7,10-11H,8-9H2,1-3H3,(H,19,22)/t11-/m0/s1. The van der Waals surface area contributed by atoms with Crippen molar-refractivity contribution in [1.29, 1.82) is 0 Å². The molecule has 7 nitrogen and oxygen atoms in total. The lowest BCUT2D eigenvalue weighted by Crippen LogP contribution is -2.42. The molecule has 0 saturated carbocycles. The molecule has 0 spiro atoms. The summed E-state index contributed by atoms with van der Waals surface area (Å²) in [6.07, 6.45) is 0. The van der Waals surface area contributed by atoms with Gasteiger partial charge in [0.2, 0.25) is 5.91 Å². The lowest BCUT2D eigenvalue weighted by atomic mass is 10.1. The Balaban J connectivity index is 2.00. The van der Waals surface area contributed by atoms with Crippen LogP contribution >= 0.6 is 11.6 Å². The topological polar surface area (TPSA) is 86.8 Å². The average molecular weight is 366 g/mol. The van der Waals surface area contributed by atoms with Crippen LogP contribution in [0.5, 0.6) is 0 Å². The van der Waals surface area contributed by atoms with Crippen LogP contribution in [0.1, 0.15) is 32.4 Å². The molecule has 0 unspecified atom stereocenters. The minimum atomic E-state index is -0.972. The Morgan fingerprint density at radius 3 is 2.16 bits per heavy atom. The Hall–Kier alpha value is -2.41. The quantitative estimate of drug-likeness (QED) is 0.616. The van der Waals surface area contributed by atoms with E-state index in [0.29, 0.717) is 9.92 Å². The van der Waals surface area contributed by atoms with Crippen molar-refractivity contribution in [2.75, 3.05) is 13.1 Å². The van der Waals surface area contributed by atoms with Crippen molar-refractivity contribution in [1.82, 2.24) is 15.1 Å². The zero-order valence-electron chi connectivity index (χ0n) is 14.3. The first-order valence-corrected chi connectivity index (χ1v) is 8.30. The number of hydrogen-bond acceptors (Lipinski definition) is 4. The van der Waals surface area contributed by atoms with Crippen molar-refractivity contribution in [3.05, 3.63) is 34.9 Å². The van der Waals surface area contributed by atoms with Crippen molar-refractivity contribution in [2.24, 2.45) is 5.92 Å². The molecule has 134 valence electrons. The summed E-state index contributed by atoms with van der Waals surface area (Å²) < 4.78 is 0. The van der Waals surface area contributed by atoms with Crippen LogP contribution in [0.4, 0.5) is 4.79 Å². The van der Waals surface area contributed by atoms with E-state index in [9.17, 15) is 19.2 Å². The molecule has 0 bridgehead atoms. The molecule has 1 aliphatic heterocycles. The number of imide groups is 2. The Morgan fingerprint density at radius 1 is 1.04 bits per heavy atom. The smallest absolute Gasteiger partial charge is 0.334 e. The second-order valence-electron chi connectivity index (χ2n) is 6.32. The maximum atomic E-state index is 12.2. The van der Waals surface area contributed by atoms with E-state index < -0.39 is 30.3 Å². The number of halogens is 1. The highest BCUT2D eigenvalue weighted by molar-refractivity contribution is 6.45. The van der Waals surface area contributed by atoms with Gasteiger partial charge in [0.05, 0.1) is 6.04 Å². The van der Waals surface area contributed by atoms with Crippen molar-refractivity contribution < 1.29 is 19.2 Å². The molecule has 1 aromatic rings. The Bertz CT molecular complexity index is 702. The number of nitrogens with one attached hydrogen (secondary N) is 1. The highest BCUT2D eigenvalue weighted by atomic mass is 35.5. The zero-order valence-corrected chi connectivity index (χ0v) is 15.0. The molecular formula is C17H20ClN3O4. The molecule has 1 N–H and O–H groups in total. The van der Waals surface area contributed by atoms with Crippen LogP contribution in [-0.2, 0) is 14.4 Å². The summed E-state index contributed by atoms with van der Waals surface area (Å²) in [5.41, 5.74) is 0.828. The third-order valence-corrected chi connectivity index (χ3v) is 3.98. The van der Waals surface area contributed by atoms with E-state index in [0.717, 1.165) is 10.5 Å². The lowest BCUT2D eigenvalue weighted by molar-refractivity contribution is -0.144. The number of benzene rings is 1. The summed E-state index contributed by atoms with van der Waals surface area (Å²) in [5, 5.41) is 3.28. The number of carbonyl (C=O) groups excluding carboxylic acids is 4. The predicted molar refractivity (Wildman–Crippen MR) is 91.7 cm³/mol. The van der Waals surface area contributed by atoms with Crippen LogP contribution in [0.15, 0.2) is 24.3 Å². The van der Waals surface area contributed by atoms with Crippen LogP contribution in [0.2, 0.25) is 5.02 Å². The third-order valence-electron chi connectivity index (χ3n) is 3.73. The fourth-order valence-corrected chi connectivity index (χ4v) is 2.61. The van der Waals surface area contributed by atoms with E-state index in [1.807, 2.05) is 13.8 Å². The summed E-state index contributed by atoms with van der Waals surface area (Å²) >= 11 is 5.83. The monoisotopic (exact) mass is 365 g/mol. The molecule has 8 heteroatoms. The zero-order chi connectivity index (χ0) is 18.7. The first-order valence-electron chi connectivity index (χ1n) is 7.92. The molecule has 5 amide bonds. The van der Waals surface area contributed by atoms with Gasteiger partial charge in [0, 0.05) is 11.6 Å². The second kappa shape index (κ2) is 7.65. The second-order valence-corrected chi connectivity index (χ2v) is 6.76. The number of hydrogen-bond donors (Lipinski definition) is 1. The largest absolute Gasteiger partial charge is 0.348 e. The predicted octanol–water partition coefficient (Wildman–Crippen LogP) is 1.96. The molecule has 0 aliphatic carbocycles. The Labute approximate surface area is 150 Å². The van der Waals surface area contributed by atoms with E-state index >= 15 is 0 Å². The van der Waals surface area contributed by atoms with E-state index in [1.54, 1.807) is 31.2 Å². The fraction of sp³-hybridized carbons (Fsp3) is 0.412. The van der Waals surface area contributed by atoms with Gasteiger partial charge in [-0.15, -0.1) is 0 Å². The molecule has 1 aliphatic rings. The maximum absolute atomic E-state index is 12.2. The molecule has 1 saturated heterocycles. The normalized spacial score (nSPS) is 16.0. The lowest BCUT2D eigenvalue weighted by Gasteiger charge is -2.18. The summed E-state index contributed by atoms with van der Waals surface area (Å²) in [6.45, 7) is 5.08. The molecule has 1 fully saturated rings. The van der Waals surface area contributed by atoms with Gasteiger partial charge in [0.25, 0.3) is 0 Å². The van der Waals surface area contributed by atoms with Gasteiger partial charge in [0.1, 0.15) is 6.54 Å². The van der Waals surface area contributed by atoms with Gasteiger partial charge >= 0.3 is 17.8 Å². The molecule has 1 atom stereocenters. The van der Waals surface area contributed by atoms with Crippen LogP contribution in [-0.4, -0.2) is 46.6 Å². The number of amides is 5. The van der Waals surface area contributed by atoms with Gasteiger partial charge in [-0.3, -0.25) is 19.3 Å². The maximum Gasteiger partial charge on any atom is 0.334 e. The van der Waals surface area contributed by atoms with Crippen LogP contribution in [0, 0.1) is 5.92 Å². The number of urea groups is 1. The molecule has 2 rings (SSSR count).